The summed E-state index contributed by atoms with van der Waals surface area (Å²) in [7, 11) is 0. The lowest BCUT2D eigenvalue weighted by atomic mass is 9.92. The third-order valence-corrected chi connectivity index (χ3v) is 8.43. The molecule has 0 unspecified atom stereocenters. The molecule has 0 amide bonds. The van der Waals surface area contributed by atoms with E-state index in [2.05, 4.69) is 127 Å². The standard InChI is InChI=1S/C39H23NO/c1-2-10-26(11-3-1)38-32-21-22-35-37(30-13-6-7-16-34(30)41-35)36(32)31-15-8-14-29(39(31)40-38)27-20-19-25-18-17-24-9-4-5-12-28(24)33(25)23-27/h1-23H. The van der Waals surface area contributed by atoms with Crippen LogP contribution in [0, 0.1) is 0 Å². The fraction of sp³-hybridized carbons (Fsp3) is 0. The van der Waals surface area contributed by atoms with Crippen LogP contribution < -0.4 is 0 Å². The maximum atomic E-state index is 6.34. The van der Waals surface area contributed by atoms with E-state index in [-0.39, 0.29) is 0 Å². The summed E-state index contributed by atoms with van der Waals surface area (Å²) >= 11 is 0. The first-order chi connectivity index (χ1) is 20.3. The van der Waals surface area contributed by atoms with Crippen LogP contribution in [0.5, 0.6) is 0 Å². The van der Waals surface area contributed by atoms with Gasteiger partial charge >= 0.3 is 0 Å². The SMILES string of the molecule is c1ccc(-c2nc3c(-c4ccc5ccc6ccccc6c5c4)cccc3c3c2ccc2oc4ccccc4c23)cc1. The van der Waals surface area contributed by atoms with Gasteiger partial charge in [-0.15, -0.1) is 0 Å². The largest absolute Gasteiger partial charge is 0.456 e. The van der Waals surface area contributed by atoms with Gasteiger partial charge < -0.3 is 4.42 Å². The van der Waals surface area contributed by atoms with E-state index in [1.165, 1.54) is 26.9 Å². The van der Waals surface area contributed by atoms with Crippen molar-refractivity contribution in [1.82, 2.24) is 4.98 Å². The lowest BCUT2D eigenvalue weighted by Crippen LogP contribution is -1.93. The van der Waals surface area contributed by atoms with E-state index in [9.17, 15) is 0 Å². The fourth-order valence-corrected chi connectivity index (χ4v) is 6.55. The Morgan fingerprint density at radius 1 is 0.415 bits per heavy atom. The zero-order valence-electron chi connectivity index (χ0n) is 22.1. The van der Waals surface area contributed by atoms with E-state index in [0.717, 1.165) is 60.6 Å². The Kier molecular flexibility index (Phi) is 4.64. The second-order valence-corrected chi connectivity index (χ2v) is 10.7. The number of fused-ring (bicyclic) bond motifs is 10. The molecule has 9 rings (SSSR count). The summed E-state index contributed by atoms with van der Waals surface area (Å²) in [5.41, 5.74) is 7.17. The minimum absolute atomic E-state index is 0.896. The number of hydrogen-bond donors (Lipinski definition) is 0. The van der Waals surface area contributed by atoms with Crippen molar-refractivity contribution >= 4 is 65.2 Å². The van der Waals surface area contributed by atoms with Crippen LogP contribution in [0.1, 0.15) is 0 Å². The molecule has 0 bridgehead atoms. The lowest BCUT2D eigenvalue weighted by molar-refractivity contribution is 0.669. The van der Waals surface area contributed by atoms with Gasteiger partial charge in [0.15, 0.2) is 0 Å². The highest BCUT2D eigenvalue weighted by Gasteiger charge is 2.19. The molecule has 0 saturated carbocycles. The molecule has 2 nitrogen and oxygen atoms in total. The van der Waals surface area contributed by atoms with E-state index in [4.69, 9.17) is 9.40 Å². The van der Waals surface area contributed by atoms with Gasteiger partial charge in [0.1, 0.15) is 11.2 Å². The molecular weight excluding hydrogens is 498 g/mol. The zero-order valence-corrected chi connectivity index (χ0v) is 22.1. The minimum atomic E-state index is 0.896. The number of furan rings is 1. The van der Waals surface area contributed by atoms with Gasteiger partial charge in [0.05, 0.1) is 11.2 Å². The number of para-hydroxylation sites is 2. The predicted molar refractivity (Wildman–Crippen MR) is 172 cm³/mol. The van der Waals surface area contributed by atoms with Gasteiger partial charge in [-0.1, -0.05) is 115 Å². The molecule has 0 N–H and O–H groups in total. The average molecular weight is 522 g/mol. The van der Waals surface area contributed by atoms with Crippen LogP contribution >= 0.6 is 0 Å². The van der Waals surface area contributed by atoms with Crippen LogP contribution in [0.3, 0.4) is 0 Å². The Hall–Kier alpha value is -5.47. The summed E-state index contributed by atoms with van der Waals surface area (Å²) in [5, 5.41) is 10.7. The highest BCUT2D eigenvalue weighted by Crippen LogP contribution is 2.43. The fourth-order valence-electron chi connectivity index (χ4n) is 6.55. The molecule has 0 spiro atoms. The molecule has 0 saturated heterocycles. The molecule has 0 atom stereocenters. The molecule has 2 heteroatoms. The highest BCUT2D eigenvalue weighted by atomic mass is 16.3. The third-order valence-electron chi connectivity index (χ3n) is 8.43. The number of rotatable bonds is 2. The molecule has 7 aromatic carbocycles. The Morgan fingerprint density at radius 3 is 2.05 bits per heavy atom. The van der Waals surface area contributed by atoms with E-state index < -0.39 is 0 Å². The molecule has 0 aliphatic carbocycles. The Bertz CT molecular complexity index is 2470. The van der Waals surface area contributed by atoms with Gasteiger partial charge in [0, 0.05) is 38.1 Å². The summed E-state index contributed by atoms with van der Waals surface area (Å²) in [6, 6.07) is 49.5. The van der Waals surface area contributed by atoms with E-state index in [1.54, 1.807) is 0 Å². The first kappa shape index (κ1) is 22.4. The maximum absolute atomic E-state index is 6.34. The Labute approximate surface area is 236 Å². The highest BCUT2D eigenvalue weighted by molar-refractivity contribution is 6.29. The first-order valence-corrected chi connectivity index (χ1v) is 14.0. The number of pyridine rings is 1. The predicted octanol–water partition coefficient (Wildman–Crippen LogP) is 10.9. The van der Waals surface area contributed by atoms with Crippen molar-refractivity contribution in [2.45, 2.75) is 0 Å². The van der Waals surface area contributed by atoms with Gasteiger partial charge in [0.25, 0.3) is 0 Å². The van der Waals surface area contributed by atoms with Gasteiger partial charge in [-0.25, -0.2) is 4.98 Å². The number of hydrogen-bond acceptors (Lipinski definition) is 2. The average Bonchev–Trinajstić information content (AvgIpc) is 3.43. The van der Waals surface area contributed by atoms with Gasteiger partial charge in [0.2, 0.25) is 0 Å². The topological polar surface area (TPSA) is 26.0 Å². The van der Waals surface area contributed by atoms with Crippen molar-refractivity contribution in [2.75, 3.05) is 0 Å². The molecule has 0 aliphatic heterocycles. The summed E-state index contributed by atoms with van der Waals surface area (Å²) in [4.78, 5) is 5.43. The Morgan fingerprint density at radius 2 is 1.15 bits per heavy atom. The molecule has 0 aliphatic rings. The number of benzene rings is 7. The van der Waals surface area contributed by atoms with Crippen LogP contribution in [0.25, 0.3) is 87.5 Å². The van der Waals surface area contributed by atoms with Crippen molar-refractivity contribution < 1.29 is 4.42 Å². The quantitative estimate of drug-likeness (QED) is 0.211. The molecule has 2 aromatic heterocycles. The summed E-state index contributed by atoms with van der Waals surface area (Å²) in [6.07, 6.45) is 0. The molecule has 0 fully saturated rings. The van der Waals surface area contributed by atoms with Gasteiger partial charge in [-0.05, 0) is 51.4 Å². The van der Waals surface area contributed by atoms with Crippen LogP contribution in [0.15, 0.2) is 144 Å². The molecular formula is C39H23NO. The second kappa shape index (κ2) is 8.51. The second-order valence-electron chi connectivity index (χ2n) is 10.7. The monoisotopic (exact) mass is 521 g/mol. The van der Waals surface area contributed by atoms with Crippen molar-refractivity contribution in [3.05, 3.63) is 140 Å². The van der Waals surface area contributed by atoms with Crippen LogP contribution in [-0.2, 0) is 0 Å². The van der Waals surface area contributed by atoms with Crippen LogP contribution in [-0.4, -0.2) is 4.98 Å². The first-order valence-electron chi connectivity index (χ1n) is 14.0. The van der Waals surface area contributed by atoms with Crippen molar-refractivity contribution in [1.29, 1.82) is 0 Å². The summed E-state index contributed by atoms with van der Waals surface area (Å²) < 4.78 is 6.34. The maximum Gasteiger partial charge on any atom is 0.136 e. The molecule has 190 valence electrons. The zero-order chi connectivity index (χ0) is 26.9. The van der Waals surface area contributed by atoms with Crippen LogP contribution in [0.4, 0.5) is 0 Å². The van der Waals surface area contributed by atoms with E-state index >= 15 is 0 Å². The van der Waals surface area contributed by atoms with Gasteiger partial charge in [-0.2, -0.15) is 0 Å². The smallest absolute Gasteiger partial charge is 0.136 e. The molecule has 41 heavy (non-hydrogen) atoms. The molecule has 2 heterocycles. The molecule has 9 aromatic rings. The Balaban J connectivity index is 1.45. The third kappa shape index (κ3) is 3.28. The normalized spacial score (nSPS) is 11.9. The van der Waals surface area contributed by atoms with E-state index in [0.29, 0.717) is 0 Å². The van der Waals surface area contributed by atoms with Gasteiger partial charge in [-0.3, -0.25) is 0 Å². The molecule has 0 radical (unpaired) electrons. The van der Waals surface area contributed by atoms with Crippen molar-refractivity contribution in [3.63, 3.8) is 0 Å². The number of aromatic nitrogens is 1. The van der Waals surface area contributed by atoms with E-state index in [1.807, 2.05) is 12.1 Å². The van der Waals surface area contributed by atoms with Crippen LogP contribution in [0.2, 0.25) is 0 Å². The van der Waals surface area contributed by atoms with Crippen molar-refractivity contribution in [2.24, 2.45) is 0 Å². The summed E-state index contributed by atoms with van der Waals surface area (Å²) in [6.45, 7) is 0. The van der Waals surface area contributed by atoms with Crippen molar-refractivity contribution in [3.8, 4) is 22.4 Å². The number of nitrogens with zero attached hydrogens (tertiary/aromatic N) is 1. The minimum Gasteiger partial charge on any atom is -0.456 e. The summed E-state index contributed by atoms with van der Waals surface area (Å²) in [5.74, 6) is 0. The lowest BCUT2D eigenvalue weighted by Gasteiger charge is -2.15.